The Morgan fingerprint density at radius 2 is 1.19 bits per heavy atom. The molecule has 5 rings (SSSR count). The third-order valence-electron chi connectivity index (χ3n) is 4.95. The Morgan fingerprint density at radius 3 is 1.81 bits per heavy atom. The number of anilines is 2. The highest BCUT2D eigenvalue weighted by Gasteiger charge is 2.16. The summed E-state index contributed by atoms with van der Waals surface area (Å²) in [5, 5.41) is 5.67. The van der Waals surface area contributed by atoms with Crippen molar-refractivity contribution in [3.63, 3.8) is 0 Å². The van der Waals surface area contributed by atoms with Gasteiger partial charge in [-0.15, -0.1) is 0 Å². The summed E-state index contributed by atoms with van der Waals surface area (Å²) in [7, 11) is 0. The van der Waals surface area contributed by atoms with Gasteiger partial charge in [0.1, 0.15) is 11.0 Å². The molecule has 0 aliphatic rings. The smallest absolute Gasteiger partial charge is 0.308 e. The van der Waals surface area contributed by atoms with Crippen LogP contribution >= 0.6 is 0 Å². The Kier molecular flexibility index (Phi) is 5.24. The first-order chi connectivity index (χ1) is 15.8. The van der Waals surface area contributed by atoms with E-state index in [1.807, 2.05) is 91.0 Å². The van der Waals surface area contributed by atoms with E-state index < -0.39 is 0 Å². The molecule has 2 aromatic heterocycles. The van der Waals surface area contributed by atoms with Crippen LogP contribution in [0.2, 0.25) is 0 Å². The maximum absolute atomic E-state index is 12.6. The van der Waals surface area contributed by atoms with Crippen LogP contribution < -0.4 is 10.6 Å². The molecule has 0 aliphatic heterocycles. The van der Waals surface area contributed by atoms with Gasteiger partial charge in [0, 0.05) is 16.8 Å². The van der Waals surface area contributed by atoms with Crippen LogP contribution in [-0.2, 0) is 0 Å². The van der Waals surface area contributed by atoms with Crippen LogP contribution in [0, 0.1) is 0 Å². The van der Waals surface area contributed by atoms with Gasteiger partial charge in [0.25, 0.3) is 0 Å². The lowest BCUT2D eigenvalue weighted by molar-refractivity contribution is 0.262. The normalized spacial score (nSPS) is 10.6. The van der Waals surface area contributed by atoms with Crippen molar-refractivity contribution in [1.29, 1.82) is 0 Å². The number of amides is 2. The lowest BCUT2D eigenvalue weighted by Crippen LogP contribution is -2.20. The van der Waals surface area contributed by atoms with Gasteiger partial charge in [-0.1, -0.05) is 78.9 Å². The molecule has 0 fully saturated rings. The molecule has 0 spiro atoms. The largest absolute Gasteiger partial charge is 0.323 e. The van der Waals surface area contributed by atoms with Crippen molar-refractivity contribution in [3.8, 4) is 22.5 Å². The molecule has 2 amide bonds. The first-order valence-corrected chi connectivity index (χ1v) is 10.2. The number of hydrogen-bond donors (Lipinski definition) is 2. The van der Waals surface area contributed by atoms with Crippen LogP contribution in [0.5, 0.6) is 0 Å². The second-order valence-electron chi connectivity index (χ2n) is 7.15. The molecule has 0 atom stereocenters. The summed E-state index contributed by atoms with van der Waals surface area (Å²) in [4.78, 5) is 26.6. The van der Waals surface area contributed by atoms with Crippen molar-refractivity contribution in [2.75, 3.05) is 10.6 Å². The van der Waals surface area contributed by atoms with E-state index in [-0.39, 0.29) is 6.03 Å². The lowest BCUT2D eigenvalue weighted by atomic mass is 10.0. The predicted octanol–water partition coefficient (Wildman–Crippen LogP) is 6.00. The first-order valence-electron chi connectivity index (χ1n) is 10.2. The number of para-hydroxylation sites is 1. The van der Waals surface area contributed by atoms with Crippen molar-refractivity contribution in [3.05, 3.63) is 103 Å². The predicted molar refractivity (Wildman–Crippen MR) is 127 cm³/mol. The van der Waals surface area contributed by atoms with E-state index in [1.54, 1.807) is 12.4 Å². The maximum atomic E-state index is 12.6. The Balaban J connectivity index is 1.60. The van der Waals surface area contributed by atoms with E-state index in [0.29, 0.717) is 22.4 Å². The minimum absolute atomic E-state index is 0.374. The van der Waals surface area contributed by atoms with Gasteiger partial charge in [-0.3, -0.25) is 4.98 Å². The van der Waals surface area contributed by atoms with E-state index in [9.17, 15) is 4.79 Å². The quantitative estimate of drug-likeness (QED) is 0.376. The number of hydrogen-bond acceptors (Lipinski definition) is 4. The number of rotatable bonds is 4. The number of urea groups is 1. The molecular weight excluding hydrogens is 398 g/mol. The molecule has 0 unspecified atom stereocenters. The Hall–Kier alpha value is -4.58. The summed E-state index contributed by atoms with van der Waals surface area (Å²) in [5.41, 5.74) is 5.75. The van der Waals surface area contributed by atoms with Gasteiger partial charge in [0.2, 0.25) is 0 Å². The number of benzene rings is 3. The van der Waals surface area contributed by atoms with Crippen LogP contribution in [0.4, 0.5) is 16.2 Å². The van der Waals surface area contributed by atoms with Crippen molar-refractivity contribution < 1.29 is 4.79 Å². The zero-order valence-corrected chi connectivity index (χ0v) is 17.1. The Morgan fingerprint density at radius 1 is 0.625 bits per heavy atom. The Labute approximate surface area is 185 Å². The molecule has 0 aliphatic carbocycles. The average Bonchev–Trinajstić information content (AvgIpc) is 2.85. The molecule has 0 saturated heterocycles. The number of fused-ring (bicyclic) bond motifs is 1. The van der Waals surface area contributed by atoms with Crippen molar-refractivity contribution in [2.45, 2.75) is 0 Å². The summed E-state index contributed by atoms with van der Waals surface area (Å²) in [6.07, 6.45) is 3.24. The summed E-state index contributed by atoms with van der Waals surface area (Å²) < 4.78 is 0. The summed E-state index contributed by atoms with van der Waals surface area (Å²) >= 11 is 0. The van der Waals surface area contributed by atoms with Gasteiger partial charge in [0.05, 0.1) is 29.5 Å². The minimum Gasteiger partial charge on any atom is -0.308 e. The molecule has 5 aromatic rings. The number of pyridine rings is 1. The van der Waals surface area contributed by atoms with E-state index in [4.69, 9.17) is 9.97 Å². The highest BCUT2D eigenvalue weighted by molar-refractivity contribution is 6.04. The average molecular weight is 417 g/mol. The van der Waals surface area contributed by atoms with Crippen LogP contribution in [0.3, 0.4) is 0 Å². The zero-order valence-electron chi connectivity index (χ0n) is 17.1. The number of carbonyl (C=O) groups is 1. The van der Waals surface area contributed by atoms with Gasteiger partial charge < -0.3 is 10.6 Å². The zero-order chi connectivity index (χ0) is 21.8. The number of nitrogens with zero attached hydrogens (tertiary/aromatic N) is 3. The minimum atomic E-state index is -0.374. The van der Waals surface area contributed by atoms with Gasteiger partial charge in [-0.05, 0) is 12.1 Å². The molecule has 2 N–H and O–H groups in total. The molecule has 0 bridgehead atoms. The fraction of sp³-hybridized carbons (Fsp3) is 0. The third-order valence-corrected chi connectivity index (χ3v) is 4.95. The van der Waals surface area contributed by atoms with E-state index in [2.05, 4.69) is 15.6 Å². The number of carbonyl (C=O) groups excluding carboxylic acids is 1. The number of nitrogens with one attached hydrogen (secondary N) is 2. The molecule has 154 valence electrons. The van der Waals surface area contributed by atoms with Gasteiger partial charge in [-0.25, -0.2) is 14.8 Å². The highest BCUT2D eigenvalue weighted by atomic mass is 16.2. The van der Waals surface area contributed by atoms with Crippen LogP contribution in [0.1, 0.15) is 0 Å². The SMILES string of the molecule is O=C(Nc1ccccc1)Nc1cncc2nc(-c3ccccc3)c(-c3ccccc3)nc12. The molecule has 6 nitrogen and oxygen atoms in total. The van der Waals surface area contributed by atoms with E-state index >= 15 is 0 Å². The number of aromatic nitrogens is 3. The monoisotopic (exact) mass is 417 g/mol. The first kappa shape index (κ1) is 19.4. The maximum Gasteiger partial charge on any atom is 0.323 e. The second kappa shape index (κ2) is 8.65. The molecule has 3 aromatic carbocycles. The van der Waals surface area contributed by atoms with Crippen LogP contribution in [0.25, 0.3) is 33.5 Å². The molecule has 0 radical (unpaired) electrons. The third kappa shape index (κ3) is 4.02. The molecule has 6 heteroatoms. The standard InChI is InChI=1S/C26H19N5O/c32-26(28-20-14-8-3-9-15-20)30-22-17-27-16-21-25(22)31-24(19-12-6-2-7-13-19)23(29-21)18-10-4-1-5-11-18/h1-17H,(H2,28,30,32). The second-order valence-corrected chi connectivity index (χ2v) is 7.15. The highest BCUT2D eigenvalue weighted by Crippen LogP contribution is 2.32. The lowest BCUT2D eigenvalue weighted by Gasteiger charge is -2.13. The van der Waals surface area contributed by atoms with Crippen molar-refractivity contribution >= 4 is 28.4 Å². The summed E-state index contributed by atoms with van der Waals surface area (Å²) in [5.74, 6) is 0. The van der Waals surface area contributed by atoms with Crippen LogP contribution in [0.15, 0.2) is 103 Å². The fourth-order valence-corrected chi connectivity index (χ4v) is 3.47. The van der Waals surface area contributed by atoms with Crippen molar-refractivity contribution in [2.24, 2.45) is 0 Å². The van der Waals surface area contributed by atoms with Gasteiger partial charge >= 0.3 is 6.03 Å². The van der Waals surface area contributed by atoms with E-state index in [0.717, 1.165) is 22.5 Å². The Bertz CT molecular complexity index is 1370. The molecule has 0 saturated carbocycles. The molecule has 32 heavy (non-hydrogen) atoms. The summed E-state index contributed by atoms with van der Waals surface area (Å²) in [6, 6.07) is 28.7. The van der Waals surface area contributed by atoms with E-state index in [1.165, 1.54) is 0 Å². The van der Waals surface area contributed by atoms with Crippen molar-refractivity contribution in [1.82, 2.24) is 15.0 Å². The molecule has 2 heterocycles. The molecular formula is C26H19N5O. The van der Waals surface area contributed by atoms with Gasteiger partial charge in [0.15, 0.2) is 0 Å². The van der Waals surface area contributed by atoms with Crippen LogP contribution in [-0.4, -0.2) is 21.0 Å². The fourth-order valence-electron chi connectivity index (χ4n) is 3.47. The summed E-state index contributed by atoms with van der Waals surface area (Å²) in [6.45, 7) is 0. The van der Waals surface area contributed by atoms with Gasteiger partial charge in [-0.2, -0.15) is 0 Å². The topological polar surface area (TPSA) is 79.8 Å².